The Balaban J connectivity index is 2.10. The maximum Gasteiger partial charge on any atom is 0.0380 e. The number of nitrogens with one attached hydrogen (secondary N) is 1. The van der Waals surface area contributed by atoms with Gasteiger partial charge in [0.1, 0.15) is 0 Å². The van der Waals surface area contributed by atoms with Crippen LogP contribution in [0, 0.1) is 0 Å². The SMILES string of the molecule is CC=C(C(C)N1CCCC1)C(C)(C)N1CCNCC1. The number of rotatable bonds is 4. The normalized spacial score (nSPS) is 25.8. The van der Waals surface area contributed by atoms with Crippen molar-refractivity contribution >= 4 is 0 Å². The summed E-state index contributed by atoms with van der Waals surface area (Å²) in [7, 11) is 0. The van der Waals surface area contributed by atoms with Crippen molar-refractivity contribution < 1.29 is 0 Å². The summed E-state index contributed by atoms with van der Waals surface area (Å²) in [4.78, 5) is 5.30. The summed E-state index contributed by atoms with van der Waals surface area (Å²) in [6.07, 6.45) is 5.11. The van der Waals surface area contributed by atoms with Gasteiger partial charge in [0.2, 0.25) is 0 Å². The van der Waals surface area contributed by atoms with E-state index >= 15 is 0 Å². The molecule has 1 unspecified atom stereocenters. The van der Waals surface area contributed by atoms with Crippen molar-refractivity contribution in [2.45, 2.75) is 52.1 Å². The zero-order chi connectivity index (χ0) is 13.9. The third-order valence-electron chi connectivity index (χ3n) is 5.06. The van der Waals surface area contributed by atoms with Gasteiger partial charge in [-0.2, -0.15) is 0 Å². The monoisotopic (exact) mass is 265 g/mol. The van der Waals surface area contributed by atoms with Crippen molar-refractivity contribution in [2.24, 2.45) is 0 Å². The minimum atomic E-state index is 0.179. The molecule has 3 heteroatoms. The summed E-state index contributed by atoms with van der Waals surface area (Å²) < 4.78 is 0. The number of hydrogen-bond donors (Lipinski definition) is 1. The van der Waals surface area contributed by atoms with Crippen LogP contribution in [-0.2, 0) is 0 Å². The fraction of sp³-hybridized carbons (Fsp3) is 0.875. The van der Waals surface area contributed by atoms with Gasteiger partial charge >= 0.3 is 0 Å². The first-order valence-corrected chi connectivity index (χ1v) is 7.94. The molecule has 19 heavy (non-hydrogen) atoms. The van der Waals surface area contributed by atoms with Crippen LogP contribution in [0.2, 0.25) is 0 Å². The van der Waals surface area contributed by atoms with Gasteiger partial charge in [-0.3, -0.25) is 9.80 Å². The first-order chi connectivity index (χ1) is 9.07. The molecule has 2 saturated heterocycles. The molecular formula is C16H31N3. The lowest BCUT2D eigenvalue weighted by Gasteiger charge is -2.46. The van der Waals surface area contributed by atoms with E-state index in [-0.39, 0.29) is 5.54 Å². The van der Waals surface area contributed by atoms with Crippen LogP contribution in [-0.4, -0.2) is 60.6 Å². The average Bonchev–Trinajstić information content (AvgIpc) is 2.94. The van der Waals surface area contributed by atoms with Gasteiger partial charge in [0.15, 0.2) is 0 Å². The highest BCUT2D eigenvalue weighted by molar-refractivity contribution is 5.23. The highest BCUT2D eigenvalue weighted by Gasteiger charge is 2.35. The van der Waals surface area contributed by atoms with E-state index in [0.717, 1.165) is 26.2 Å². The van der Waals surface area contributed by atoms with Crippen LogP contribution in [0.25, 0.3) is 0 Å². The Labute approximate surface area is 119 Å². The van der Waals surface area contributed by atoms with Gasteiger partial charge in [-0.1, -0.05) is 6.08 Å². The molecule has 1 atom stereocenters. The summed E-state index contributed by atoms with van der Waals surface area (Å²) >= 11 is 0. The zero-order valence-corrected chi connectivity index (χ0v) is 13.2. The van der Waals surface area contributed by atoms with E-state index in [1.54, 1.807) is 5.57 Å². The second kappa shape index (κ2) is 6.38. The highest BCUT2D eigenvalue weighted by atomic mass is 15.3. The Morgan fingerprint density at radius 2 is 1.68 bits per heavy atom. The molecule has 2 rings (SSSR count). The third kappa shape index (κ3) is 3.21. The third-order valence-corrected chi connectivity index (χ3v) is 5.06. The predicted octanol–water partition coefficient (Wildman–Crippen LogP) is 2.10. The first-order valence-electron chi connectivity index (χ1n) is 7.94. The van der Waals surface area contributed by atoms with Crippen LogP contribution in [0.4, 0.5) is 0 Å². The second-order valence-electron chi connectivity index (χ2n) is 6.46. The molecule has 2 heterocycles. The van der Waals surface area contributed by atoms with E-state index < -0.39 is 0 Å². The summed E-state index contributed by atoms with van der Waals surface area (Å²) in [5.74, 6) is 0. The Kier molecular flexibility index (Phi) is 5.04. The van der Waals surface area contributed by atoms with E-state index in [2.05, 4.69) is 48.9 Å². The quantitative estimate of drug-likeness (QED) is 0.785. The molecule has 2 fully saturated rings. The molecule has 0 spiro atoms. The maximum atomic E-state index is 3.46. The minimum Gasteiger partial charge on any atom is -0.314 e. The Morgan fingerprint density at radius 3 is 2.21 bits per heavy atom. The van der Waals surface area contributed by atoms with Crippen LogP contribution in [0.5, 0.6) is 0 Å². The smallest absolute Gasteiger partial charge is 0.0380 e. The molecule has 0 aromatic carbocycles. The van der Waals surface area contributed by atoms with Crippen molar-refractivity contribution in [3.8, 4) is 0 Å². The molecule has 0 aliphatic carbocycles. The molecule has 2 aliphatic rings. The Hall–Kier alpha value is -0.380. The van der Waals surface area contributed by atoms with Crippen LogP contribution in [0.15, 0.2) is 11.6 Å². The van der Waals surface area contributed by atoms with Gasteiger partial charge in [-0.25, -0.2) is 0 Å². The van der Waals surface area contributed by atoms with Crippen molar-refractivity contribution in [1.82, 2.24) is 15.1 Å². The van der Waals surface area contributed by atoms with E-state index in [9.17, 15) is 0 Å². The fourth-order valence-electron chi connectivity index (χ4n) is 3.84. The zero-order valence-electron chi connectivity index (χ0n) is 13.2. The fourth-order valence-corrected chi connectivity index (χ4v) is 3.84. The standard InChI is InChI=1S/C16H31N3/c1-5-15(14(2)18-10-6-7-11-18)16(3,4)19-12-8-17-9-13-19/h5,14,17H,6-13H2,1-4H3. The number of nitrogens with zero attached hydrogens (tertiary/aromatic N) is 2. The highest BCUT2D eigenvalue weighted by Crippen LogP contribution is 2.30. The lowest BCUT2D eigenvalue weighted by Crippen LogP contribution is -2.56. The summed E-state index contributed by atoms with van der Waals surface area (Å²) in [5, 5.41) is 3.46. The van der Waals surface area contributed by atoms with Crippen LogP contribution in [0.1, 0.15) is 40.5 Å². The van der Waals surface area contributed by atoms with Crippen molar-refractivity contribution in [3.63, 3.8) is 0 Å². The van der Waals surface area contributed by atoms with Gasteiger partial charge < -0.3 is 5.32 Å². The summed E-state index contributed by atoms with van der Waals surface area (Å²) in [6.45, 7) is 16.5. The Morgan fingerprint density at radius 1 is 1.11 bits per heavy atom. The Bertz CT molecular complexity index is 310. The van der Waals surface area contributed by atoms with Crippen molar-refractivity contribution in [2.75, 3.05) is 39.3 Å². The topological polar surface area (TPSA) is 18.5 Å². The lowest BCUT2D eigenvalue weighted by molar-refractivity contribution is 0.115. The van der Waals surface area contributed by atoms with Crippen molar-refractivity contribution in [1.29, 1.82) is 0 Å². The van der Waals surface area contributed by atoms with Gasteiger partial charge in [0, 0.05) is 37.8 Å². The molecule has 1 N–H and O–H groups in total. The molecule has 0 aromatic rings. The molecule has 0 radical (unpaired) electrons. The summed E-state index contributed by atoms with van der Waals surface area (Å²) in [5.41, 5.74) is 1.77. The largest absolute Gasteiger partial charge is 0.314 e. The molecule has 110 valence electrons. The lowest BCUT2D eigenvalue weighted by atomic mass is 9.85. The minimum absolute atomic E-state index is 0.179. The second-order valence-corrected chi connectivity index (χ2v) is 6.46. The van der Waals surface area contributed by atoms with Gasteiger partial charge in [-0.15, -0.1) is 0 Å². The summed E-state index contributed by atoms with van der Waals surface area (Å²) in [6, 6.07) is 0.581. The number of piperazine rings is 1. The molecule has 0 aromatic heterocycles. The van der Waals surface area contributed by atoms with E-state index in [0.29, 0.717) is 6.04 Å². The van der Waals surface area contributed by atoms with Gasteiger partial charge in [-0.05, 0) is 59.2 Å². The van der Waals surface area contributed by atoms with Crippen molar-refractivity contribution in [3.05, 3.63) is 11.6 Å². The molecule has 0 amide bonds. The van der Waals surface area contributed by atoms with Crippen LogP contribution < -0.4 is 5.32 Å². The van der Waals surface area contributed by atoms with E-state index in [1.165, 1.54) is 25.9 Å². The molecule has 0 saturated carbocycles. The van der Waals surface area contributed by atoms with Gasteiger partial charge in [0.25, 0.3) is 0 Å². The average molecular weight is 265 g/mol. The number of likely N-dealkylation sites (tertiary alicyclic amines) is 1. The van der Waals surface area contributed by atoms with Crippen LogP contribution >= 0.6 is 0 Å². The molecular weight excluding hydrogens is 234 g/mol. The van der Waals surface area contributed by atoms with Gasteiger partial charge in [0.05, 0.1) is 0 Å². The molecule has 2 aliphatic heterocycles. The van der Waals surface area contributed by atoms with Crippen LogP contribution in [0.3, 0.4) is 0 Å². The molecule has 3 nitrogen and oxygen atoms in total. The first kappa shape index (κ1) is 15.0. The number of hydrogen-bond acceptors (Lipinski definition) is 3. The van der Waals surface area contributed by atoms with E-state index in [4.69, 9.17) is 0 Å². The maximum absolute atomic E-state index is 3.46. The predicted molar refractivity (Wildman–Crippen MR) is 82.5 cm³/mol. The molecule has 0 bridgehead atoms. The number of allylic oxidation sites excluding steroid dienone is 1. The van der Waals surface area contributed by atoms with E-state index in [1.807, 2.05) is 0 Å².